The molecule has 0 unspecified atom stereocenters. The van der Waals surface area contributed by atoms with Gasteiger partial charge in [-0.25, -0.2) is 0 Å². The summed E-state index contributed by atoms with van der Waals surface area (Å²) in [7, 11) is 8.56. The number of rotatable bonds is 10. The average Bonchev–Trinajstić information content (AvgIpc) is 3.17. The van der Waals surface area contributed by atoms with Gasteiger partial charge in [0.1, 0.15) is 0 Å². The van der Waals surface area contributed by atoms with Crippen molar-refractivity contribution in [3.05, 3.63) is 180 Å². The van der Waals surface area contributed by atoms with Crippen molar-refractivity contribution >= 4 is 66.5 Å². The van der Waals surface area contributed by atoms with E-state index in [1.807, 2.05) is 0 Å². The minimum absolute atomic E-state index is 0.253. The van der Waals surface area contributed by atoms with Gasteiger partial charge in [-0.05, 0) is 117 Å². The van der Waals surface area contributed by atoms with Gasteiger partial charge < -0.3 is 0 Å². The van der Waals surface area contributed by atoms with Crippen LogP contribution in [0.3, 0.4) is 0 Å². The molecule has 5 heteroatoms. The zero-order valence-electron chi connectivity index (χ0n) is 38.8. The second kappa shape index (κ2) is 23.4. The summed E-state index contributed by atoms with van der Waals surface area (Å²) < 4.78 is 0. The standard InChI is InChI=1S/2C28H35P.2ClH.Pt/c2*1-27(2,3)20-22-14-13-15-23(21-28(4,5)6)26(22)29(24-16-9-7-10-17-24)25-18-11-8-12-19-25;;;/h2*7-19H,20-21H2,1-6H3;2*1H;/q;;;;+2/p-2. The van der Waals surface area contributed by atoms with E-state index < -0.39 is 32.3 Å². The number of hydrogen-bond donors (Lipinski definition) is 0. The predicted molar refractivity (Wildman–Crippen MR) is 275 cm³/mol. The van der Waals surface area contributed by atoms with Gasteiger partial charge in [-0.1, -0.05) is 241 Å². The van der Waals surface area contributed by atoms with E-state index in [0.29, 0.717) is 0 Å². The summed E-state index contributed by atoms with van der Waals surface area (Å²) in [5, 5.41) is 8.89. The Morgan fingerprint density at radius 2 is 0.492 bits per heavy atom. The molecule has 0 aromatic heterocycles. The molecule has 0 amide bonds. The second-order valence-corrected chi connectivity index (χ2v) is 28.4. The summed E-state index contributed by atoms with van der Waals surface area (Å²) in [6.45, 7) is 28.2. The van der Waals surface area contributed by atoms with Gasteiger partial charge in [0.25, 0.3) is 0 Å². The van der Waals surface area contributed by atoms with Crippen molar-refractivity contribution in [3.8, 4) is 0 Å². The summed E-state index contributed by atoms with van der Waals surface area (Å²) in [4.78, 5) is 0. The molecule has 0 fully saturated rings. The van der Waals surface area contributed by atoms with E-state index in [1.165, 1.54) is 43.5 Å². The van der Waals surface area contributed by atoms with Gasteiger partial charge in [0.15, 0.2) is 0 Å². The third-order valence-corrected chi connectivity index (χ3v) is 15.1. The molecule has 0 aliphatic carbocycles. The molecule has 0 aliphatic rings. The third-order valence-electron chi connectivity index (χ3n) is 9.79. The molecular weight excluding hydrogens is 1000 g/mol. The van der Waals surface area contributed by atoms with Gasteiger partial charge in [-0.2, -0.15) is 0 Å². The van der Waals surface area contributed by atoms with Crippen LogP contribution in [0.1, 0.15) is 105 Å². The third kappa shape index (κ3) is 17.2. The monoisotopic (exact) mass is 1070 g/mol. The first-order chi connectivity index (χ1) is 28.7. The Balaban J connectivity index is 0.000000252. The molecule has 0 saturated heterocycles. The van der Waals surface area contributed by atoms with Crippen LogP contribution in [0.15, 0.2) is 158 Å². The normalized spacial score (nSPS) is 12.1. The number of halogens is 2. The minimum atomic E-state index is -0.594. The number of benzene rings is 6. The van der Waals surface area contributed by atoms with E-state index in [4.69, 9.17) is 18.8 Å². The van der Waals surface area contributed by atoms with Crippen molar-refractivity contribution in [1.29, 1.82) is 0 Å². The molecule has 0 spiro atoms. The van der Waals surface area contributed by atoms with Crippen molar-refractivity contribution in [2.75, 3.05) is 0 Å². The summed E-state index contributed by atoms with van der Waals surface area (Å²) in [6, 6.07) is 58.5. The van der Waals surface area contributed by atoms with E-state index in [-0.39, 0.29) is 21.7 Å². The first-order valence-corrected chi connectivity index (χ1v) is 29.9. The molecule has 0 saturated carbocycles. The Bertz CT molecular complexity index is 1870. The fraction of sp³-hybridized carbons (Fsp3) is 0.357. The Hall–Kier alpha value is -2.55. The van der Waals surface area contributed by atoms with Gasteiger partial charge in [-0.15, -0.1) is 0 Å². The Kier molecular flexibility index (Phi) is 19.6. The van der Waals surface area contributed by atoms with Crippen molar-refractivity contribution in [1.82, 2.24) is 0 Å². The Morgan fingerprint density at radius 3 is 0.656 bits per heavy atom. The van der Waals surface area contributed by atoms with Crippen LogP contribution in [-0.2, 0) is 42.2 Å². The molecule has 328 valence electrons. The van der Waals surface area contributed by atoms with Crippen LogP contribution < -0.4 is 31.8 Å². The average molecular weight is 1070 g/mol. The fourth-order valence-electron chi connectivity index (χ4n) is 7.84. The zero-order chi connectivity index (χ0) is 44.8. The van der Waals surface area contributed by atoms with E-state index in [9.17, 15) is 0 Å². The van der Waals surface area contributed by atoms with Crippen LogP contribution in [-0.4, -0.2) is 0 Å². The van der Waals surface area contributed by atoms with Gasteiger partial charge in [-0.3, -0.25) is 0 Å². The van der Waals surface area contributed by atoms with Crippen LogP contribution >= 0.6 is 34.7 Å². The van der Waals surface area contributed by atoms with Crippen LogP contribution in [0.4, 0.5) is 0 Å². The molecule has 6 aromatic rings. The Labute approximate surface area is 390 Å². The molecule has 0 radical (unpaired) electrons. The SMILES string of the molecule is CC(C)(C)Cc1cccc(CC(C)(C)C)c1P(c1ccccc1)c1ccccc1.CC(C)(C)Cc1cccc(CC(C)(C)C)c1P(c1ccccc1)c1ccccc1.[Cl][Pt][Cl]. The van der Waals surface area contributed by atoms with Crippen LogP contribution in [0.5, 0.6) is 0 Å². The topological polar surface area (TPSA) is 0 Å². The molecule has 0 heterocycles. The molecule has 61 heavy (non-hydrogen) atoms. The molecule has 0 nitrogen and oxygen atoms in total. The predicted octanol–water partition coefficient (Wildman–Crippen LogP) is 14.6. The Morgan fingerprint density at radius 1 is 0.311 bits per heavy atom. The molecular formula is C56H70Cl2P2Pt. The molecule has 6 aromatic carbocycles. The molecule has 6 rings (SSSR count). The summed E-state index contributed by atoms with van der Waals surface area (Å²) in [6.07, 6.45) is 4.38. The van der Waals surface area contributed by atoms with Gasteiger partial charge in [0.05, 0.1) is 0 Å². The molecule has 0 bridgehead atoms. The summed E-state index contributed by atoms with van der Waals surface area (Å²) in [5.41, 5.74) is 7.06. The first-order valence-electron chi connectivity index (χ1n) is 21.5. The van der Waals surface area contributed by atoms with Crippen molar-refractivity contribution in [2.24, 2.45) is 21.7 Å². The zero-order valence-corrected chi connectivity index (χ0v) is 44.4. The van der Waals surface area contributed by atoms with Crippen molar-refractivity contribution < 1.29 is 16.5 Å². The van der Waals surface area contributed by atoms with Crippen molar-refractivity contribution in [3.63, 3.8) is 0 Å². The number of hydrogen-bond acceptors (Lipinski definition) is 0. The molecule has 0 atom stereocenters. The van der Waals surface area contributed by atoms with Gasteiger partial charge in [0.2, 0.25) is 0 Å². The molecule has 0 aliphatic heterocycles. The maximum atomic E-state index is 4.88. The second-order valence-electron chi connectivity index (χ2n) is 20.9. The molecule has 0 N–H and O–H groups in total. The van der Waals surface area contributed by atoms with Crippen molar-refractivity contribution in [2.45, 2.75) is 109 Å². The van der Waals surface area contributed by atoms with E-state index in [0.717, 1.165) is 25.7 Å². The fourth-order valence-corrected chi connectivity index (χ4v) is 13.1. The van der Waals surface area contributed by atoms with E-state index in [2.05, 4.69) is 241 Å². The summed E-state index contributed by atoms with van der Waals surface area (Å²) in [5.74, 6) is 0. The van der Waals surface area contributed by atoms with Crippen LogP contribution in [0.2, 0.25) is 0 Å². The van der Waals surface area contributed by atoms with Crippen LogP contribution in [0.25, 0.3) is 0 Å². The van der Waals surface area contributed by atoms with Crippen LogP contribution in [0, 0.1) is 21.7 Å². The van der Waals surface area contributed by atoms with Gasteiger partial charge in [0, 0.05) is 0 Å². The summed E-state index contributed by atoms with van der Waals surface area (Å²) >= 11 is -0.472. The first kappa shape index (κ1) is 51.1. The quantitative estimate of drug-likeness (QED) is 0.120. The van der Waals surface area contributed by atoms with E-state index >= 15 is 0 Å². The van der Waals surface area contributed by atoms with Gasteiger partial charge >= 0.3 is 35.3 Å². The van der Waals surface area contributed by atoms with E-state index in [1.54, 1.807) is 10.6 Å². The maximum absolute atomic E-state index is 4.88.